The maximum absolute atomic E-state index is 12.3. The summed E-state index contributed by atoms with van der Waals surface area (Å²) in [5.41, 5.74) is 2.41. The first-order valence-electron chi connectivity index (χ1n) is 7.17. The molecule has 1 heterocycles. The zero-order valence-electron chi connectivity index (χ0n) is 12.4. The van der Waals surface area contributed by atoms with Crippen LogP contribution in [0.25, 0.3) is 0 Å². The van der Waals surface area contributed by atoms with Crippen molar-refractivity contribution in [1.82, 2.24) is 10.2 Å². The van der Waals surface area contributed by atoms with Crippen LogP contribution in [-0.2, 0) is 9.53 Å². The number of carbonyl (C=O) groups is 1. The molecule has 1 aliphatic heterocycles. The zero-order valence-corrected chi connectivity index (χ0v) is 14.0. The number of rotatable bonds is 3. The minimum atomic E-state index is -0.335. The van der Waals surface area contributed by atoms with E-state index in [1.54, 1.807) is 12.1 Å². The average molecular weight is 337 g/mol. The van der Waals surface area contributed by atoms with Gasteiger partial charge in [0.15, 0.2) is 5.11 Å². The van der Waals surface area contributed by atoms with E-state index < -0.39 is 0 Å². The van der Waals surface area contributed by atoms with Gasteiger partial charge in [-0.1, -0.05) is 23.7 Å². The van der Waals surface area contributed by atoms with E-state index >= 15 is 0 Å². The number of hydrogen-bond acceptors (Lipinski definition) is 3. The van der Waals surface area contributed by atoms with Crippen molar-refractivity contribution < 1.29 is 9.53 Å². The van der Waals surface area contributed by atoms with Crippen molar-refractivity contribution >= 4 is 34.9 Å². The fourth-order valence-electron chi connectivity index (χ4n) is 2.81. The molecular formula is C16H17ClN2O2S. The highest BCUT2D eigenvalue weighted by molar-refractivity contribution is 7.80. The first-order chi connectivity index (χ1) is 10.5. The molecule has 22 heavy (non-hydrogen) atoms. The number of allylic oxidation sites excluding steroid dienone is 1. The third-order valence-corrected chi connectivity index (χ3v) is 4.61. The standard InChI is InChI=1S/C16H17ClN2O2S/c1-9-13(15(20)21-2)14(10-3-5-11(17)6-4-10)18-16(22)19(9)12-7-8-12/h3-6,12,14H,7-8H2,1-2H3,(H,18,22)/t14-/m0/s1. The van der Waals surface area contributed by atoms with E-state index in [0.29, 0.717) is 21.8 Å². The second kappa shape index (κ2) is 5.89. The Labute approximate surface area is 140 Å². The van der Waals surface area contributed by atoms with E-state index in [1.165, 1.54) is 7.11 Å². The highest BCUT2D eigenvalue weighted by Crippen LogP contribution is 2.38. The van der Waals surface area contributed by atoms with Crippen molar-refractivity contribution in [3.05, 3.63) is 46.1 Å². The fourth-order valence-corrected chi connectivity index (χ4v) is 3.34. The van der Waals surface area contributed by atoms with E-state index in [0.717, 1.165) is 24.1 Å². The van der Waals surface area contributed by atoms with Gasteiger partial charge in [0.25, 0.3) is 0 Å². The molecule has 0 saturated heterocycles. The number of nitrogens with zero attached hydrogens (tertiary/aromatic N) is 1. The highest BCUT2D eigenvalue weighted by atomic mass is 35.5. The number of ether oxygens (including phenoxy) is 1. The number of benzene rings is 1. The van der Waals surface area contributed by atoms with Gasteiger partial charge < -0.3 is 15.0 Å². The zero-order chi connectivity index (χ0) is 15.9. The van der Waals surface area contributed by atoms with Gasteiger partial charge in [-0.05, 0) is 49.7 Å². The Balaban J connectivity index is 2.06. The maximum Gasteiger partial charge on any atom is 0.337 e. The van der Waals surface area contributed by atoms with E-state index in [2.05, 4.69) is 5.32 Å². The van der Waals surface area contributed by atoms with Crippen molar-refractivity contribution in [3.8, 4) is 0 Å². The number of hydrogen-bond donors (Lipinski definition) is 1. The van der Waals surface area contributed by atoms with Crippen LogP contribution >= 0.6 is 23.8 Å². The lowest BCUT2D eigenvalue weighted by Crippen LogP contribution is -2.48. The molecule has 0 aromatic heterocycles. The van der Waals surface area contributed by atoms with Crippen LogP contribution in [0.1, 0.15) is 31.4 Å². The monoisotopic (exact) mass is 336 g/mol. The Morgan fingerprint density at radius 2 is 2.00 bits per heavy atom. The topological polar surface area (TPSA) is 41.6 Å². The molecule has 1 saturated carbocycles. The third kappa shape index (κ3) is 2.71. The number of carbonyl (C=O) groups excluding carboxylic acids is 1. The van der Waals surface area contributed by atoms with Gasteiger partial charge in [0.05, 0.1) is 18.7 Å². The SMILES string of the molecule is COC(=O)C1=C(C)N(C2CC2)C(=S)N[C@H]1c1ccc(Cl)cc1. The van der Waals surface area contributed by atoms with Gasteiger partial charge in [-0.25, -0.2) is 4.79 Å². The normalized spacial score (nSPS) is 21.7. The van der Waals surface area contributed by atoms with E-state index in [1.807, 2.05) is 24.0 Å². The van der Waals surface area contributed by atoms with Gasteiger partial charge in [-0.3, -0.25) is 0 Å². The summed E-state index contributed by atoms with van der Waals surface area (Å²) in [5.74, 6) is -0.335. The van der Waals surface area contributed by atoms with Gasteiger partial charge in [0, 0.05) is 16.8 Å². The summed E-state index contributed by atoms with van der Waals surface area (Å²) < 4.78 is 4.99. The molecule has 3 rings (SSSR count). The fraction of sp³-hybridized carbons (Fsp3) is 0.375. The van der Waals surface area contributed by atoms with E-state index in [9.17, 15) is 4.79 Å². The lowest BCUT2D eigenvalue weighted by molar-refractivity contribution is -0.136. The predicted octanol–water partition coefficient (Wildman–Crippen LogP) is 3.18. The van der Waals surface area contributed by atoms with Crippen molar-refractivity contribution in [2.24, 2.45) is 0 Å². The van der Waals surface area contributed by atoms with Crippen LogP contribution in [0, 0.1) is 0 Å². The summed E-state index contributed by atoms with van der Waals surface area (Å²) in [5, 5.41) is 4.59. The number of thiocarbonyl (C=S) groups is 1. The lowest BCUT2D eigenvalue weighted by Gasteiger charge is -2.37. The minimum Gasteiger partial charge on any atom is -0.466 e. The van der Waals surface area contributed by atoms with Crippen LogP contribution in [0.3, 0.4) is 0 Å². The smallest absolute Gasteiger partial charge is 0.337 e. The van der Waals surface area contributed by atoms with Crippen LogP contribution < -0.4 is 5.32 Å². The summed E-state index contributed by atoms with van der Waals surface area (Å²) in [4.78, 5) is 14.3. The van der Waals surface area contributed by atoms with Gasteiger partial charge >= 0.3 is 5.97 Å². The van der Waals surface area contributed by atoms with Crippen LogP contribution in [0.2, 0.25) is 5.02 Å². The molecule has 0 spiro atoms. The average Bonchev–Trinajstić information content (AvgIpc) is 3.31. The Kier molecular flexibility index (Phi) is 4.10. The summed E-state index contributed by atoms with van der Waals surface area (Å²) in [6.45, 7) is 1.93. The molecular weight excluding hydrogens is 320 g/mol. The van der Waals surface area contributed by atoms with Crippen molar-refractivity contribution in [3.63, 3.8) is 0 Å². The van der Waals surface area contributed by atoms with Gasteiger partial charge in [0.2, 0.25) is 0 Å². The molecule has 0 amide bonds. The first-order valence-corrected chi connectivity index (χ1v) is 7.96. The molecule has 1 atom stereocenters. The van der Waals surface area contributed by atoms with Crippen molar-refractivity contribution in [1.29, 1.82) is 0 Å². The largest absolute Gasteiger partial charge is 0.466 e. The molecule has 2 aliphatic rings. The van der Waals surface area contributed by atoms with Gasteiger partial charge in [0.1, 0.15) is 0 Å². The molecule has 0 radical (unpaired) electrons. The van der Waals surface area contributed by atoms with Crippen molar-refractivity contribution in [2.45, 2.75) is 31.8 Å². The molecule has 0 unspecified atom stereocenters. The second-order valence-electron chi connectivity index (χ2n) is 5.53. The second-order valence-corrected chi connectivity index (χ2v) is 6.35. The van der Waals surface area contributed by atoms with E-state index in [4.69, 9.17) is 28.6 Å². The lowest BCUT2D eigenvalue weighted by atomic mass is 9.95. The first kappa shape index (κ1) is 15.3. The molecule has 1 aliphatic carbocycles. The molecule has 1 aromatic carbocycles. The summed E-state index contributed by atoms with van der Waals surface area (Å²) in [7, 11) is 1.40. The molecule has 4 nitrogen and oxygen atoms in total. The van der Waals surface area contributed by atoms with E-state index in [-0.39, 0.29) is 12.0 Å². The summed E-state index contributed by atoms with van der Waals surface area (Å²) in [6, 6.07) is 7.48. The number of esters is 1. The Bertz CT molecular complexity index is 653. The molecule has 1 aromatic rings. The Morgan fingerprint density at radius 1 is 1.36 bits per heavy atom. The molecule has 1 N–H and O–H groups in total. The highest BCUT2D eigenvalue weighted by Gasteiger charge is 2.40. The van der Waals surface area contributed by atoms with Crippen LogP contribution in [0.15, 0.2) is 35.5 Å². The van der Waals surface area contributed by atoms with Crippen LogP contribution in [-0.4, -0.2) is 29.1 Å². The van der Waals surface area contributed by atoms with Crippen LogP contribution in [0.4, 0.5) is 0 Å². The molecule has 116 valence electrons. The number of nitrogens with one attached hydrogen (secondary N) is 1. The molecule has 1 fully saturated rings. The summed E-state index contributed by atoms with van der Waals surface area (Å²) in [6.07, 6.45) is 2.19. The van der Waals surface area contributed by atoms with Gasteiger partial charge in [-0.15, -0.1) is 0 Å². The Morgan fingerprint density at radius 3 is 2.55 bits per heavy atom. The van der Waals surface area contributed by atoms with Gasteiger partial charge in [-0.2, -0.15) is 0 Å². The maximum atomic E-state index is 12.3. The number of halogens is 1. The number of methoxy groups -OCH3 is 1. The Hall–Kier alpha value is -1.59. The predicted molar refractivity (Wildman–Crippen MR) is 89.5 cm³/mol. The quantitative estimate of drug-likeness (QED) is 0.678. The minimum absolute atomic E-state index is 0.313. The molecule has 6 heteroatoms. The molecule has 0 bridgehead atoms. The van der Waals surface area contributed by atoms with Crippen LogP contribution in [0.5, 0.6) is 0 Å². The third-order valence-electron chi connectivity index (χ3n) is 4.05. The summed E-state index contributed by atoms with van der Waals surface area (Å²) >= 11 is 11.5. The van der Waals surface area contributed by atoms with Crippen molar-refractivity contribution in [2.75, 3.05) is 7.11 Å².